The van der Waals surface area contributed by atoms with Gasteiger partial charge in [-0.15, -0.1) is 11.3 Å². The summed E-state index contributed by atoms with van der Waals surface area (Å²) < 4.78 is 0. The number of hydrogen-bond donors (Lipinski definition) is 3. The number of thiophene rings is 1. The molecule has 2 rings (SSSR count). The van der Waals surface area contributed by atoms with Crippen LogP contribution in [0.15, 0.2) is 30.3 Å². The third-order valence-electron chi connectivity index (χ3n) is 2.72. The lowest BCUT2D eigenvalue weighted by atomic mass is 10.1. The summed E-state index contributed by atoms with van der Waals surface area (Å²) in [6.45, 7) is 0. The SMILES string of the molecule is CNC(=O)Nc1sc(-c2ccc(C#N)cc2)cc1C(=O)O. The predicted octanol–water partition coefficient (Wildman–Crippen LogP) is 2.74. The molecule has 1 aromatic heterocycles. The molecule has 106 valence electrons. The van der Waals surface area contributed by atoms with Crippen molar-refractivity contribution in [3.8, 4) is 16.5 Å². The van der Waals surface area contributed by atoms with E-state index in [1.165, 1.54) is 13.1 Å². The third-order valence-corrected chi connectivity index (χ3v) is 3.81. The molecule has 0 fully saturated rings. The molecule has 2 amide bonds. The van der Waals surface area contributed by atoms with Gasteiger partial charge < -0.3 is 10.4 Å². The first-order valence-corrected chi connectivity index (χ1v) is 6.73. The minimum absolute atomic E-state index is 0.0305. The maximum atomic E-state index is 11.3. The molecule has 1 aromatic carbocycles. The van der Waals surface area contributed by atoms with Crippen molar-refractivity contribution in [2.24, 2.45) is 0 Å². The maximum Gasteiger partial charge on any atom is 0.338 e. The highest BCUT2D eigenvalue weighted by atomic mass is 32.1. The fourth-order valence-electron chi connectivity index (χ4n) is 1.66. The van der Waals surface area contributed by atoms with E-state index in [0.29, 0.717) is 10.4 Å². The molecule has 0 aliphatic carbocycles. The van der Waals surface area contributed by atoms with Crippen LogP contribution >= 0.6 is 11.3 Å². The molecule has 0 saturated carbocycles. The van der Waals surface area contributed by atoms with E-state index in [4.69, 9.17) is 5.26 Å². The zero-order valence-electron chi connectivity index (χ0n) is 11.0. The van der Waals surface area contributed by atoms with Crippen molar-refractivity contribution >= 4 is 28.3 Å². The Morgan fingerprint density at radius 2 is 1.95 bits per heavy atom. The van der Waals surface area contributed by atoms with Crippen molar-refractivity contribution in [2.45, 2.75) is 0 Å². The zero-order chi connectivity index (χ0) is 15.4. The fraction of sp³-hybridized carbons (Fsp3) is 0.0714. The Balaban J connectivity index is 2.40. The predicted molar refractivity (Wildman–Crippen MR) is 79.5 cm³/mol. The quantitative estimate of drug-likeness (QED) is 0.811. The molecule has 0 spiro atoms. The topological polar surface area (TPSA) is 102 Å². The number of hydrogen-bond acceptors (Lipinski definition) is 4. The van der Waals surface area contributed by atoms with Gasteiger partial charge in [-0.05, 0) is 23.8 Å². The molecule has 0 aliphatic rings. The van der Waals surface area contributed by atoms with Crippen molar-refractivity contribution in [2.75, 3.05) is 12.4 Å². The largest absolute Gasteiger partial charge is 0.478 e. The molecule has 3 N–H and O–H groups in total. The van der Waals surface area contributed by atoms with Crippen LogP contribution in [0.5, 0.6) is 0 Å². The highest BCUT2D eigenvalue weighted by Gasteiger charge is 2.17. The van der Waals surface area contributed by atoms with Gasteiger partial charge in [0, 0.05) is 11.9 Å². The Kier molecular flexibility index (Phi) is 4.21. The van der Waals surface area contributed by atoms with E-state index in [0.717, 1.165) is 16.9 Å². The summed E-state index contributed by atoms with van der Waals surface area (Å²) in [5.41, 5.74) is 1.34. The van der Waals surface area contributed by atoms with E-state index in [-0.39, 0.29) is 10.6 Å². The van der Waals surface area contributed by atoms with Crippen LogP contribution in [0.25, 0.3) is 10.4 Å². The number of anilines is 1. The number of carboxylic acid groups (broad SMARTS) is 1. The van der Waals surface area contributed by atoms with E-state index in [1.807, 2.05) is 6.07 Å². The van der Waals surface area contributed by atoms with E-state index in [1.54, 1.807) is 24.3 Å². The molecular weight excluding hydrogens is 290 g/mol. The van der Waals surface area contributed by atoms with Crippen LogP contribution in [0.2, 0.25) is 0 Å². The van der Waals surface area contributed by atoms with Crippen LogP contribution in [-0.4, -0.2) is 24.2 Å². The smallest absolute Gasteiger partial charge is 0.338 e. The maximum absolute atomic E-state index is 11.3. The number of benzene rings is 1. The fourth-order valence-corrected chi connectivity index (χ4v) is 2.71. The number of nitriles is 1. The monoisotopic (exact) mass is 301 g/mol. The van der Waals surface area contributed by atoms with Gasteiger partial charge in [0.15, 0.2) is 0 Å². The van der Waals surface area contributed by atoms with Crippen molar-refractivity contribution < 1.29 is 14.7 Å². The van der Waals surface area contributed by atoms with Gasteiger partial charge in [-0.1, -0.05) is 12.1 Å². The second-order valence-corrected chi connectivity index (χ2v) is 5.10. The van der Waals surface area contributed by atoms with E-state index in [9.17, 15) is 14.7 Å². The Morgan fingerprint density at radius 3 is 2.48 bits per heavy atom. The molecule has 1 heterocycles. The highest BCUT2D eigenvalue weighted by Crippen LogP contribution is 2.35. The minimum Gasteiger partial charge on any atom is -0.478 e. The van der Waals surface area contributed by atoms with Gasteiger partial charge in [0.25, 0.3) is 0 Å². The van der Waals surface area contributed by atoms with Gasteiger partial charge >= 0.3 is 12.0 Å². The van der Waals surface area contributed by atoms with Crippen LogP contribution in [0.3, 0.4) is 0 Å². The number of rotatable bonds is 3. The second-order valence-electron chi connectivity index (χ2n) is 4.05. The second kappa shape index (κ2) is 6.07. The van der Waals surface area contributed by atoms with E-state index in [2.05, 4.69) is 10.6 Å². The number of amides is 2. The van der Waals surface area contributed by atoms with Crippen LogP contribution in [-0.2, 0) is 0 Å². The molecule has 0 unspecified atom stereocenters. The summed E-state index contributed by atoms with van der Waals surface area (Å²) in [5, 5.41) is 23.1. The number of aromatic carboxylic acids is 1. The zero-order valence-corrected chi connectivity index (χ0v) is 11.8. The summed E-state index contributed by atoms with van der Waals surface area (Å²) in [6.07, 6.45) is 0. The normalized spacial score (nSPS) is 9.71. The first-order chi connectivity index (χ1) is 10.0. The molecule has 0 saturated heterocycles. The number of nitrogens with zero attached hydrogens (tertiary/aromatic N) is 1. The van der Waals surface area contributed by atoms with Gasteiger partial charge in [-0.25, -0.2) is 9.59 Å². The summed E-state index contributed by atoms with van der Waals surface area (Å²) in [6, 6.07) is 9.82. The number of nitrogens with one attached hydrogen (secondary N) is 2. The van der Waals surface area contributed by atoms with Crippen LogP contribution in [0.4, 0.5) is 9.80 Å². The van der Waals surface area contributed by atoms with Crippen molar-refractivity contribution in [1.29, 1.82) is 5.26 Å². The standard InChI is InChI=1S/C14H11N3O3S/c1-16-14(20)17-12-10(13(18)19)6-11(21-12)9-4-2-8(7-15)3-5-9/h2-6H,1H3,(H,18,19)(H2,16,17,20). The van der Waals surface area contributed by atoms with Crippen molar-refractivity contribution in [1.82, 2.24) is 5.32 Å². The Bertz CT molecular complexity index is 729. The lowest BCUT2D eigenvalue weighted by Gasteiger charge is -2.02. The van der Waals surface area contributed by atoms with Crippen molar-refractivity contribution in [3.63, 3.8) is 0 Å². The van der Waals surface area contributed by atoms with E-state index >= 15 is 0 Å². The van der Waals surface area contributed by atoms with Crippen LogP contribution in [0, 0.1) is 11.3 Å². The average Bonchev–Trinajstić information content (AvgIpc) is 2.91. The third kappa shape index (κ3) is 3.19. The Hall–Kier alpha value is -2.85. The molecule has 21 heavy (non-hydrogen) atoms. The molecule has 0 radical (unpaired) electrons. The van der Waals surface area contributed by atoms with Crippen molar-refractivity contribution in [3.05, 3.63) is 41.5 Å². The lowest BCUT2D eigenvalue weighted by molar-refractivity contribution is 0.0698. The van der Waals surface area contributed by atoms with E-state index < -0.39 is 12.0 Å². The van der Waals surface area contributed by atoms with Gasteiger partial charge in [-0.2, -0.15) is 5.26 Å². The minimum atomic E-state index is -1.11. The van der Waals surface area contributed by atoms with Crippen LogP contribution < -0.4 is 10.6 Å². The number of carbonyl (C=O) groups excluding carboxylic acids is 1. The summed E-state index contributed by atoms with van der Waals surface area (Å²) in [5.74, 6) is -1.11. The molecule has 0 aliphatic heterocycles. The van der Waals surface area contributed by atoms with Gasteiger partial charge in [0.2, 0.25) is 0 Å². The van der Waals surface area contributed by atoms with Gasteiger partial charge in [0.1, 0.15) is 5.00 Å². The summed E-state index contributed by atoms with van der Waals surface area (Å²) in [7, 11) is 1.45. The summed E-state index contributed by atoms with van der Waals surface area (Å²) in [4.78, 5) is 23.3. The average molecular weight is 301 g/mol. The number of urea groups is 1. The Labute approximate surface area is 124 Å². The lowest BCUT2D eigenvalue weighted by Crippen LogP contribution is -2.24. The molecular formula is C14H11N3O3S. The molecule has 0 bridgehead atoms. The Morgan fingerprint density at radius 1 is 1.29 bits per heavy atom. The summed E-state index contributed by atoms with van der Waals surface area (Å²) >= 11 is 1.16. The first-order valence-electron chi connectivity index (χ1n) is 5.91. The number of carboxylic acids is 1. The van der Waals surface area contributed by atoms with Gasteiger partial charge in [0.05, 0.1) is 17.2 Å². The first kappa shape index (κ1) is 14.6. The molecule has 0 atom stereocenters. The molecule has 7 heteroatoms. The van der Waals surface area contributed by atoms with Gasteiger partial charge in [-0.3, -0.25) is 5.32 Å². The molecule has 2 aromatic rings. The highest BCUT2D eigenvalue weighted by molar-refractivity contribution is 7.20. The van der Waals surface area contributed by atoms with Crippen LogP contribution in [0.1, 0.15) is 15.9 Å². The number of carbonyl (C=O) groups is 2. The molecule has 6 nitrogen and oxygen atoms in total.